The highest BCUT2D eigenvalue weighted by atomic mass is 35.5. The Labute approximate surface area is 198 Å². The Balaban J connectivity index is 1.93. The Morgan fingerprint density at radius 1 is 1.06 bits per heavy atom. The van der Waals surface area contributed by atoms with E-state index in [9.17, 15) is 14.4 Å². The molecule has 176 valence electrons. The number of carbonyl (C=O) groups is 3. The molecule has 0 radical (unpaired) electrons. The first-order valence-electron chi connectivity index (χ1n) is 10.5. The van der Waals surface area contributed by atoms with Crippen molar-refractivity contribution < 1.29 is 19.1 Å². The maximum absolute atomic E-state index is 12.8. The summed E-state index contributed by atoms with van der Waals surface area (Å²) in [6, 6.07) is 12.9. The van der Waals surface area contributed by atoms with Gasteiger partial charge in [-0.2, -0.15) is 0 Å². The van der Waals surface area contributed by atoms with Crippen LogP contribution in [0.25, 0.3) is 0 Å². The summed E-state index contributed by atoms with van der Waals surface area (Å²) in [7, 11) is 1.31. The number of rotatable bonds is 9. The van der Waals surface area contributed by atoms with Crippen LogP contribution in [-0.4, -0.2) is 36.9 Å². The molecule has 0 saturated carbocycles. The van der Waals surface area contributed by atoms with Crippen LogP contribution in [0.3, 0.4) is 0 Å². The third kappa shape index (κ3) is 8.94. The van der Waals surface area contributed by atoms with Gasteiger partial charge >= 0.3 is 5.97 Å². The van der Waals surface area contributed by atoms with E-state index in [2.05, 4.69) is 16.0 Å². The molecule has 2 rings (SSSR count). The summed E-state index contributed by atoms with van der Waals surface area (Å²) in [5.41, 5.74) is 1.89. The first-order valence-corrected chi connectivity index (χ1v) is 10.9. The van der Waals surface area contributed by atoms with Crippen LogP contribution in [0.4, 0.5) is 0 Å². The molecule has 4 N–H and O–H groups in total. The van der Waals surface area contributed by atoms with Gasteiger partial charge in [0.1, 0.15) is 6.04 Å². The topological polar surface area (TPSA) is 120 Å². The number of carbonyl (C=O) groups excluding carboxylic acids is 3. The zero-order valence-electron chi connectivity index (χ0n) is 18.9. The summed E-state index contributed by atoms with van der Waals surface area (Å²) in [5, 5.41) is 16.7. The quantitative estimate of drug-likeness (QED) is 0.254. The lowest BCUT2D eigenvalue weighted by molar-refractivity contribution is -0.123. The van der Waals surface area contributed by atoms with Gasteiger partial charge in [0.15, 0.2) is 5.96 Å². The van der Waals surface area contributed by atoms with Gasteiger partial charge in [-0.05, 0) is 47.7 Å². The first-order chi connectivity index (χ1) is 15.7. The average Bonchev–Trinajstić information content (AvgIpc) is 2.77. The first kappa shape index (κ1) is 25.9. The van der Waals surface area contributed by atoms with Crippen molar-refractivity contribution in [2.75, 3.05) is 7.11 Å². The lowest BCUT2D eigenvalue weighted by atomic mass is 10.0. The van der Waals surface area contributed by atoms with Crippen molar-refractivity contribution in [2.24, 2.45) is 5.92 Å². The average molecular weight is 473 g/mol. The Bertz CT molecular complexity index is 992. The summed E-state index contributed by atoms with van der Waals surface area (Å²) in [4.78, 5) is 36.7. The fourth-order valence-corrected chi connectivity index (χ4v) is 3.25. The smallest absolute Gasteiger partial charge is 0.337 e. The molecule has 0 spiro atoms. The Morgan fingerprint density at radius 3 is 2.39 bits per heavy atom. The van der Waals surface area contributed by atoms with E-state index in [1.54, 1.807) is 48.5 Å². The second kappa shape index (κ2) is 12.6. The predicted octanol–water partition coefficient (Wildman–Crippen LogP) is 3.04. The monoisotopic (exact) mass is 472 g/mol. The Kier molecular flexibility index (Phi) is 9.87. The van der Waals surface area contributed by atoms with Crippen LogP contribution in [-0.2, 0) is 27.3 Å². The third-order valence-corrected chi connectivity index (χ3v) is 4.95. The maximum Gasteiger partial charge on any atom is 0.337 e. The highest BCUT2D eigenvalue weighted by Gasteiger charge is 2.21. The molecule has 0 aliphatic heterocycles. The summed E-state index contributed by atoms with van der Waals surface area (Å²) < 4.78 is 4.72. The normalized spacial score (nSPS) is 11.4. The number of hydrogen-bond donors (Lipinski definition) is 4. The largest absolute Gasteiger partial charge is 0.465 e. The predicted molar refractivity (Wildman–Crippen MR) is 127 cm³/mol. The minimum Gasteiger partial charge on any atom is -0.465 e. The summed E-state index contributed by atoms with van der Waals surface area (Å²) in [6.45, 7) is 4.13. The van der Waals surface area contributed by atoms with Crippen LogP contribution in [0.1, 0.15) is 41.8 Å². The molecular weight excluding hydrogens is 444 g/mol. The highest BCUT2D eigenvalue weighted by Crippen LogP contribution is 2.10. The van der Waals surface area contributed by atoms with Gasteiger partial charge in [0, 0.05) is 11.6 Å². The molecule has 9 heteroatoms. The van der Waals surface area contributed by atoms with Crippen LogP contribution >= 0.6 is 11.6 Å². The molecule has 1 atom stereocenters. The molecule has 2 aromatic rings. The molecule has 0 fully saturated rings. The lowest BCUT2D eigenvalue weighted by Gasteiger charge is -2.21. The van der Waals surface area contributed by atoms with Crippen LogP contribution in [0.2, 0.25) is 5.02 Å². The van der Waals surface area contributed by atoms with Crippen molar-refractivity contribution in [3.05, 3.63) is 70.2 Å². The number of halogens is 1. The second-order valence-corrected chi connectivity index (χ2v) is 8.40. The number of benzene rings is 2. The van der Waals surface area contributed by atoms with Crippen LogP contribution in [0.5, 0.6) is 0 Å². The Morgan fingerprint density at radius 2 is 1.76 bits per heavy atom. The molecule has 0 heterocycles. The number of ether oxygens (including phenoxy) is 1. The fraction of sp³-hybridized carbons (Fsp3) is 0.333. The van der Waals surface area contributed by atoms with Gasteiger partial charge in [-0.3, -0.25) is 20.3 Å². The molecule has 0 saturated heterocycles. The van der Waals surface area contributed by atoms with Gasteiger partial charge < -0.3 is 15.4 Å². The molecule has 0 aliphatic rings. The zero-order chi connectivity index (χ0) is 24.4. The molecule has 8 nitrogen and oxygen atoms in total. The van der Waals surface area contributed by atoms with Gasteiger partial charge in [0.05, 0.1) is 19.1 Å². The zero-order valence-corrected chi connectivity index (χ0v) is 19.7. The van der Waals surface area contributed by atoms with E-state index < -0.39 is 12.0 Å². The number of hydrogen-bond acceptors (Lipinski definition) is 5. The van der Waals surface area contributed by atoms with E-state index >= 15 is 0 Å². The van der Waals surface area contributed by atoms with Crippen molar-refractivity contribution in [1.29, 1.82) is 5.41 Å². The van der Waals surface area contributed by atoms with E-state index in [1.165, 1.54) is 7.11 Å². The van der Waals surface area contributed by atoms with Crippen LogP contribution in [0.15, 0.2) is 48.5 Å². The van der Waals surface area contributed by atoms with Crippen molar-refractivity contribution >= 4 is 35.3 Å². The maximum atomic E-state index is 12.8. The minimum atomic E-state index is -0.711. The third-order valence-electron chi connectivity index (χ3n) is 4.70. The molecule has 2 amide bonds. The molecular formula is C24H29ClN4O4. The second-order valence-electron chi connectivity index (χ2n) is 7.96. The van der Waals surface area contributed by atoms with E-state index in [0.717, 1.165) is 11.1 Å². The minimum absolute atomic E-state index is 0.0822. The molecule has 0 unspecified atom stereocenters. The number of amides is 2. The molecule has 0 aliphatic carbocycles. The fourth-order valence-electron chi connectivity index (χ4n) is 3.12. The van der Waals surface area contributed by atoms with Crippen molar-refractivity contribution in [3.8, 4) is 0 Å². The number of guanidine groups is 1. The molecule has 0 aromatic heterocycles. The van der Waals surface area contributed by atoms with Gasteiger partial charge in [-0.15, -0.1) is 0 Å². The lowest BCUT2D eigenvalue weighted by Crippen LogP contribution is -2.52. The number of nitrogens with one attached hydrogen (secondary N) is 4. The standard InChI is InChI=1S/C24H29ClN4O4/c1-15(2)11-20(22(31)27-14-17-5-4-6-18(12-17)23(32)33-3)28-24(26)29-21(30)13-16-7-9-19(25)10-8-16/h4-10,12,15,20H,11,13-14H2,1-3H3,(H,27,31)(H3,26,28,29,30)/t20-/m1/s1. The van der Waals surface area contributed by atoms with Gasteiger partial charge in [-0.1, -0.05) is 49.7 Å². The van der Waals surface area contributed by atoms with E-state index in [1.807, 2.05) is 13.8 Å². The molecule has 33 heavy (non-hydrogen) atoms. The van der Waals surface area contributed by atoms with Crippen molar-refractivity contribution in [3.63, 3.8) is 0 Å². The molecule has 0 bridgehead atoms. The molecule has 2 aromatic carbocycles. The van der Waals surface area contributed by atoms with Crippen molar-refractivity contribution in [2.45, 2.75) is 39.3 Å². The van der Waals surface area contributed by atoms with E-state index in [4.69, 9.17) is 21.7 Å². The summed E-state index contributed by atoms with van der Waals surface area (Å²) in [5.74, 6) is -1.22. The van der Waals surface area contributed by atoms with Crippen molar-refractivity contribution in [1.82, 2.24) is 16.0 Å². The number of methoxy groups -OCH3 is 1. The summed E-state index contributed by atoms with van der Waals surface area (Å²) >= 11 is 5.85. The Hall–Kier alpha value is -3.39. The van der Waals surface area contributed by atoms with Gasteiger partial charge in [-0.25, -0.2) is 4.79 Å². The van der Waals surface area contributed by atoms with Crippen LogP contribution in [0, 0.1) is 11.3 Å². The summed E-state index contributed by atoms with van der Waals surface area (Å²) in [6.07, 6.45) is 0.544. The number of esters is 1. The van der Waals surface area contributed by atoms with Gasteiger partial charge in [0.2, 0.25) is 11.8 Å². The van der Waals surface area contributed by atoms with E-state index in [-0.39, 0.29) is 36.7 Å². The highest BCUT2D eigenvalue weighted by molar-refractivity contribution is 6.30. The van der Waals surface area contributed by atoms with E-state index in [0.29, 0.717) is 17.0 Å². The van der Waals surface area contributed by atoms with Gasteiger partial charge in [0.25, 0.3) is 0 Å². The SMILES string of the molecule is COC(=O)c1cccc(CNC(=O)[C@@H](CC(C)C)NC(=N)NC(=O)Cc2ccc(Cl)cc2)c1. The van der Waals surface area contributed by atoms with Crippen LogP contribution < -0.4 is 16.0 Å².